The molecular weight excluding hydrogens is 517 g/mol. The molecule has 0 saturated carbocycles. The minimum absolute atomic E-state index is 0. The monoisotopic (exact) mass is 555 g/mol. The molecule has 32 heavy (non-hydrogen) atoms. The Bertz CT molecular complexity index is 867. The van der Waals surface area contributed by atoms with Crippen molar-refractivity contribution in [3.05, 3.63) is 53.2 Å². The third-order valence-electron chi connectivity index (χ3n) is 5.38. The predicted molar refractivity (Wildman–Crippen MR) is 139 cm³/mol. The molecule has 1 aliphatic rings. The fraction of sp³-hybridized carbons (Fsp3) is 0.583. The summed E-state index contributed by atoms with van der Waals surface area (Å²) in [7, 11) is 1.77. The van der Waals surface area contributed by atoms with Crippen molar-refractivity contribution < 1.29 is 9.15 Å². The van der Waals surface area contributed by atoms with Gasteiger partial charge in [0.15, 0.2) is 5.96 Å². The van der Waals surface area contributed by atoms with E-state index in [1.54, 1.807) is 13.2 Å². The summed E-state index contributed by atoms with van der Waals surface area (Å²) >= 11 is 0. The second-order valence-corrected chi connectivity index (χ2v) is 9.37. The van der Waals surface area contributed by atoms with Gasteiger partial charge in [-0.15, -0.1) is 24.0 Å². The minimum atomic E-state index is -0.0506. The van der Waals surface area contributed by atoms with Crippen molar-refractivity contribution in [1.82, 2.24) is 20.5 Å². The number of benzene rings is 1. The molecule has 178 valence electrons. The van der Waals surface area contributed by atoms with Crippen molar-refractivity contribution in [3.63, 3.8) is 0 Å². The van der Waals surface area contributed by atoms with E-state index in [0.717, 1.165) is 31.4 Å². The molecule has 1 aromatic carbocycles. The quantitative estimate of drug-likeness (QED) is 0.318. The Hall–Kier alpha value is -1.65. The van der Waals surface area contributed by atoms with E-state index < -0.39 is 0 Å². The van der Waals surface area contributed by atoms with Crippen LogP contribution in [0.2, 0.25) is 0 Å². The molecule has 3 rings (SSSR count). The molecule has 7 nitrogen and oxygen atoms in total. The lowest BCUT2D eigenvalue weighted by molar-refractivity contribution is -0.0705. The van der Waals surface area contributed by atoms with Crippen LogP contribution in [0.1, 0.15) is 57.4 Å². The van der Waals surface area contributed by atoms with Gasteiger partial charge in [0, 0.05) is 38.6 Å². The molecule has 0 amide bonds. The smallest absolute Gasteiger partial charge is 0.213 e. The van der Waals surface area contributed by atoms with Crippen LogP contribution in [-0.2, 0) is 29.8 Å². The molecular formula is C24H38IN5O2. The molecule has 1 aromatic heterocycles. The van der Waals surface area contributed by atoms with Gasteiger partial charge in [-0.25, -0.2) is 4.98 Å². The number of aromatic nitrogens is 1. The highest BCUT2D eigenvalue weighted by Crippen LogP contribution is 2.22. The van der Waals surface area contributed by atoms with Gasteiger partial charge in [-0.3, -0.25) is 9.89 Å². The number of hydrogen-bond acceptors (Lipinski definition) is 5. The number of hydrogen-bond donors (Lipinski definition) is 2. The molecule has 1 aliphatic heterocycles. The fourth-order valence-electron chi connectivity index (χ4n) is 3.84. The van der Waals surface area contributed by atoms with Crippen LogP contribution in [0.25, 0.3) is 0 Å². The maximum atomic E-state index is 5.87. The van der Waals surface area contributed by atoms with Crippen molar-refractivity contribution in [1.29, 1.82) is 0 Å². The normalized spacial score (nSPS) is 20.0. The third kappa shape index (κ3) is 7.74. The highest BCUT2D eigenvalue weighted by molar-refractivity contribution is 14.0. The Morgan fingerprint density at radius 3 is 2.31 bits per heavy atom. The third-order valence-corrected chi connectivity index (χ3v) is 5.38. The summed E-state index contributed by atoms with van der Waals surface area (Å²) < 4.78 is 11.7. The number of nitrogens with one attached hydrogen (secondary N) is 2. The maximum absolute atomic E-state index is 5.87. The standard InChI is InChI=1S/C24H37N5O2.HI/c1-17-14-29(15-18(2)30-17)16-20-10-8-7-9-19(20)11-27-23(25-6)28-13-22-26-12-21(31-22)24(3,4)5;/h7-10,12,17-18H,11,13-16H2,1-6H3,(H2,25,27,28);1H. The second kappa shape index (κ2) is 12.0. The molecule has 0 radical (unpaired) electrons. The van der Waals surface area contributed by atoms with Crippen LogP contribution < -0.4 is 10.6 Å². The van der Waals surface area contributed by atoms with Crippen LogP contribution in [0, 0.1) is 0 Å². The van der Waals surface area contributed by atoms with Crippen LogP contribution in [0.15, 0.2) is 39.9 Å². The summed E-state index contributed by atoms with van der Waals surface area (Å²) in [4.78, 5) is 11.2. The summed E-state index contributed by atoms with van der Waals surface area (Å²) in [6.45, 7) is 14.7. The number of morpholine rings is 1. The Labute approximate surface area is 209 Å². The van der Waals surface area contributed by atoms with Gasteiger partial charge in [-0.1, -0.05) is 45.0 Å². The predicted octanol–water partition coefficient (Wildman–Crippen LogP) is 4.06. The van der Waals surface area contributed by atoms with Crippen LogP contribution in [0.3, 0.4) is 0 Å². The van der Waals surface area contributed by atoms with Crippen molar-refractivity contribution in [3.8, 4) is 0 Å². The second-order valence-electron chi connectivity index (χ2n) is 9.37. The van der Waals surface area contributed by atoms with Crippen molar-refractivity contribution in [2.75, 3.05) is 20.1 Å². The lowest BCUT2D eigenvalue weighted by Gasteiger charge is -2.35. The van der Waals surface area contributed by atoms with Gasteiger partial charge < -0.3 is 19.8 Å². The molecule has 2 unspecified atom stereocenters. The molecule has 0 aliphatic carbocycles. The van der Waals surface area contributed by atoms with E-state index in [4.69, 9.17) is 9.15 Å². The summed E-state index contributed by atoms with van der Waals surface area (Å²) in [6.07, 6.45) is 2.34. The van der Waals surface area contributed by atoms with Crippen molar-refractivity contribution >= 4 is 29.9 Å². The van der Waals surface area contributed by atoms with Gasteiger partial charge in [0.25, 0.3) is 0 Å². The van der Waals surface area contributed by atoms with Gasteiger partial charge in [-0.05, 0) is 25.0 Å². The zero-order chi connectivity index (χ0) is 22.4. The first-order valence-electron chi connectivity index (χ1n) is 11.1. The zero-order valence-electron chi connectivity index (χ0n) is 20.1. The molecule has 0 spiro atoms. The number of oxazole rings is 1. The van der Waals surface area contributed by atoms with E-state index in [1.165, 1.54) is 11.1 Å². The number of guanidine groups is 1. The number of ether oxygens (including phenoxy) is 1. The minimum Gasteiger partial charge on any atom is -0.443 e. The highest BCUT2D eigenvalue weighted by atomic mass is 127. The van der Waals surface area contributed by atoms with E-state index in [2.05, 4.69) is 84.4 Å². The Morgan fingerprint density at radius 2 is 1.72 bits per heavy atom. The van der Waals surface area contributed by atoms with E-state index >= 15 is 0 Å². The largest absolute Gasteiger partial charge is 0.443 e. The van der Waals surface area contributed by atoms with E-state index in [1.807, 2.05) is 0 Å². The maximum Gasteiger partial charge on any atom is 0.213 e. The number of aliphatic imine (C=N–C) groups is 1. The molecule has 2 atom stereocenters. The topological polar surface area (TPSA) is 74.9 Å². The van der Waals surface area contributed by atoms with Crippen molar-refractivity contribution in [2.24, 2.45) is 4.99 Å². The summed E-state index contributed by atoms with van der Waals surface area (Å²) in [5.41, 5.74) is 2.54. The Morgan fingerprint density at radius 1 is 1.09 bits per heavy atom. The van der Waals surface area contributed by atoms with Crippen LogP contribution in [0.4, 0.5) is 0 Å². The SMILES string of the molecule is CN=C(NCc1ncc(C(C)(C)C)o1)NCc1ccccc1CN1CC(C)OC(C)C1.I. The van der Waals surface area contributed by atoms with Gasteiger partial charge >= 0.3 is 0 Å². The molecule has 8 heteroatoms. The van der Waals surface area contributed by atoms with Gasteiger partial charge in [0.1, 0.15) is 5.76 Å². The average Bonchev–Trinajstić information content (AvgIpc) is 3.18. The molecule has 1 fully saturated rings. The first-order chi connectivity index (χ1) is 14.7. The van der Waals surface area contributed by atoms with Crippen molar-refractivity contribution in [2.45, 2.75) is 71.9 Å². The highest BCUT2D eigenvalue weighted by Gasteiger charge is 2.23. The van der Waals surface area contributed by atoms with E-state index in [9.17, 15) is 0 Å². The lowest BCUT2D eigenvalue weighted by Crippen LogP contribution is -2.45. The van der Waals surface area contributed by atoms with Gasteiger partial charge in [0.05, 0.1) is 24.9 Å². The van der Waals surface area contributed by atoms with E-state index in [-0.39, 0.29) is 41.6 Å². The summed E-state index contributed by atoms with van der Waals surface area (Å²) in [5.74, 6) is 2.26. The van der Waals surface area contributed by atoms with Gasteiger partial charge in [-0.2, -0.15) is 0 Å². The number of halogens is 1. The molecule has 2 N–H and O–H groups in total. The number of nitrogens with zero attached hydrogens (tertiary/aromatic N) is 3. The van der Waals surface area contributed by atoms with Crippen LogP contribution in [0.5, 0.6) is 0 Å². The van der Waals surface area contributed by atoms with Crippen LogP contribution in [-0.4, -0.2) is 48.2 Å². The first-order valence-corrected chi connectivity index (χ1v) is 11.1. The fourth-order valence-corrected chi connectivity index (χ4v) is 3.84. The lowest BCUT2D eigenvalue weighted by atomic mass is 9.94. The molecule has 0 bridgehead atoms. The molecule has 2 heterocycles. The summed E-state index contributed by atoms with van der Waals surface area (Å²) in [5, 5.41) is 6.70. The van der Waals surface area contributed by atoms with E-state index in [0.29, 0.717) is 19.0 Å². The number of rotatable bonds is 6. The van der Waals surface area contributed by atoms with Gasteiger partial charge in [0.2, 0.25) is 5.89 Å². The Balaban J connectivity index is 0.00000363. The molecule has 2 aromatic rings. The zero-order valence-corrected chi connectivity index (χ0v) is 22.5. The average molecular weight is 556 g/mol. The first kappa shape index (κ1) is 26.6. The Kier molecular flexibility index (Phi) is 9.97. The van der Waals surface area contributed by atoms with Crippen LogP contribution >= 0.6 is 24.0 Å². The summed E-state index contributed by atoms with van der Waals surface area (Å²) in [6, 6.07) is 8.57. The molecule has 1 saturated heterocycles.